The van der Waals surface area contributed by atoms with E-state index in [1.165, 1.54) is 5.56 Å². The summed E-state index contributed by atoms with van der Waals surface area (Å²) in [4.78, 5) is 19.2. The van der Waals surface area contributed by atoms with Crippen molar-refractivity contribution in [2.24, 2.45) is 0 Å². The molecule has 0 fully saturated rings. The van der Waals surface area contributed by atoms with E-state index in [4.69, 9.17) is 0 Å². The van der Waals surface area contributed by atoms with Gasteiger partial charge in [-0.2, -0.15) is 0 Å². The van der Waals surface area contributed by atoms with Gasteiger partial charge in [0.05, 0.1) is 0 Å². The van der Waals surface area contributed by atoms with Crippen molar-refractivity contribution in [3.05, 3.63) is 66.1 Å². The molecule has 3 rings (SSSR count). The lowest BCUT2D eigenvalue weighted by Crippen LogP contribution is -2.25. The van der Waals surface area contributed by atoms with Crippen molar-refractivity contribution in [2.75, 3.05) is 6.54 Å². The van der Waals surface area contributed by atoms with E-state index in [2.05, 4.69) is 27.4 Å². The quantitative estimate of drug-likeness (QED) is 0.761. The number of carbonyl (C=O) groups excluding carboxylic acids is 1. The highest BCUT2D eigenvalue weighted by molar-refractivity contribution is 5.97. The molecule has 0 bridgehead atoms. The molecule has 2 N–H and O–H groups in total. The molecule has 0 saturated carbocycles. The number of H-pyrrole nitrogens is 1. The summed E-state index contributed by atoms with van der Waals surface area (Å²) in [6.07, 6.45) is 4.27. The number of hydrogen-bond donors (Lipinski definition) is 2. The monoisotopic (exact) mass is 265 g/mol. The Balaban J connectivity index is 1.61. The summed E-state index contributed by atoms with van der Waals surface area (Å²) in [5.41, 5.74) is 2.71. The van der Waals surface area contributed by atoms with E-state index in [9.17, 15) is 4.79 Å². The number of aromatic amines is 1. The number of rotatable bonds is 4. The van der Waals surface area contributed by atoms with Gasteiger partial charge in [0.1, 0.15) is 5.69 Å². The molecule has 100 valence electrons. The van der Waals surface area contributed by atoms with Crippen molar-refractivity contribution in [3.8, 4) is 0 Å². The molecule has 0 radical (unpaired) electrons. The number of fused-ring (bicyclic) bond motifs is 1. The Kier molecular flexibility index (Phi) is 3.46. The Labute approximate surface area is 116 Å². The minimum absolute atomic E-state index is 0.0860. The van der Waals surface area contributed by atoms with Crippen LogP contribution in [0.5, 0.6) is 0 Å². The number of amides is 1. The van der Waals surface area contributed by atoms with E-state index in [1.54, 1.807) is 12.4 Å². The first kappa shape index (κ1) is 12.4. The summed E-state index contributed by atoms with van der Waals surface area (Å²) >= 11 is 0. The maximum Gasteiger partial charge on any atom is 0.267 e. The molecule has 4 heteroatoms. The van der Waals surface area contributed by atoms with Crippen LogP contribution in [0.4, 0.5) is 0 Å². The summed E-state index contributed by atoms with van der Waals surface area (Å²) in [5.74, 6) is -0.0860. The number of hydrogen-bond acceptors (Lipinski definition) is 2. The molecule has 20 heavy (non-hydrogen) atoms. The Morgan fingerprint density at radius 3 is 2.85 bits per heavy atom. The molecule has 0 atom stereocenters. The van der Waals surface area contributed by atoms with Crippen LogP contribution in [0, 0.1) is 0 Å². The van der Waals surface area contributed by atoms with Gasteiger partial charge in [-0.3, -0.25) is 9.78 Å². The molecule has 0 spiro atoms. The molecule has 2 aromatic heterocycles. The van der Waals surface area contributed by atoms with Crippen molar-refractivity contribution >= 4 is 16.8 Å². The second-order valence-electron chi connectivity index (χ2n) is 4.64. The van der Waals surface area contributed by atoms with Crippen LogP contribution in [0.15, 0.2) is 54.9 Å². The smallest absolute Gasteiger partial charge is 0.267 e. The van der Waals surface area contributed by atoms with Gasteiger partial charge >= 0.3 is 0 Å². The van der Waals surface area contributed by atoms with Gasteiger partial charge in [0.2, 0.25) is 0 Å². The SMILES string of the molecule is O=C(NCCc1ccccc1)c1cc2cnccc2[nH]1. The van der Waals surface area contributed by atoms with Crippen molar-refractivity contribution in [1.82, 2.24) is 15.3 Å². The fraction of sp³-hybridized carbons (Fsp3) is 0.125. The van der Waals surface area contributed by atoms with Gasteiger partial charge in [0, 0.05) is 29.8 Å². The molecule has 1 amide bonds. The number of aromatic nitrogens is 2. The zero-order valence-corrected chi connectivity index (χ0v) is 11.0. The molecular formula is C16H15N3O. The van der Waals surface area contributed by atoms with Gasteiger partial charge < -0.3 is 10.3 Å². The molecule has 0 unspecified atom stereocenters. The first-order valence-corrected chi connectivity index (χ1v) is 6.58. The molecule has 0 aliphatic rings. The lowest BCUT2D eigenvalue weighted by Gasteiger charge is -2.03. The Bertz CT molecular complexity index is 686. The molecule has 0 aliphatic carbocycles. The van der Waals surface area contributed by atoms with E-state index in [-0.39, 0.29) is 5.91 Å². The molecule has 0 aliphatic heterocycles. The number of carbonyl (C=O) groups is 1. The summed E-state index contributed by atoms with van der Waals surface area (Å²) in [5, 5.41) is 3.86. The van der Waals surface area contributed by atoms with Crippen molar-refractivity contribution in [3.63, 3.8) is 0 Å². The number of benzene rings is 1. The van der Waals surface area contributed by atoms with Crippen LogP contribution in [0.25, 0.3) is 10.9 Å². The Morgan fingerprint density at radius 1 is 1.20 bits per heavy atom. The third-order valence-corrected chi connectivity index (χ3v) is 3.21. The highest BCUT2D eigenvalue weighted by Gasteiger charge is 2.08. The van der Waals surface area contributed by atoms with Crippen LogP contribution in [-0.4, -0.2) is 22.4 Å². The predicted molar refractivity (Wildman–Crippen MR) is 78.6 cm³/mol. The maximum atomic E-state index is 12.0. The number of pyridine rings is 1. The zero-order chi connectivity index (χ0) is 13.8. The average molecular weight is 265 g/mol. The third kappa shape index (κ3) is 2.69. The highest BCUT2D eigenvalue weighted by Crippen LogP contribution is 2.13. The summed E-state index contributed by atoms with van der Waals surface area (Å²) in [6, 6.07) is 13.8. The Hall–Kier alpha value is -2.62. The minimum atomic E-state index is -0.0860. The average Bonchev–Trinajstić information content (AvgIpc) is 2.92. The van der Waals surface area contributed by atoms with Crippen LogP contribution >= 0.6 is 0 Å². The van der Waals surface area contributed by atoms with Crippen LogP contribution < -0.4 is 5.32 Å². The second-order valence-corrected chi connectivity index (χ2v) is 4.64. The zero-order valence-electron chi connectivity index (χ0n) is 11.0. The van der Waals surface area contributed by atoms with E-state index < -0.39 is 0 Å². The van der Waals surface area contributed by atoms with Crippen LogP contribution in [0.3, 0.4) is 0 Å². The number of nitrogens with one attached hydrogen (secondary N) is 2. The van der Waals surface area contributed by atoms with Gasteiger partial charge in [-0.05, 0) is 24.1 Å². The fourth-order valence-electron chi connectivity index (χ4n) is 2.15. The van der Waals surface area contributed by atoms with E-state index in [1.807, 2.05) is 30.3 Å². The lowest BCUT2D eigenvalue weighted by molar-refractivity contribution is 0.0950. The van der Waals surface area contributed by atoms with Crippen LogP contribution in [0.1, 0.15) is 16.1 Å². The van der Waals surface area contributed by atoms with Gasteiger partial charge in [-0.25, -0.2) is 0 Å². The highest BCUT2D eigenvalue weighted by atomic mass is 16.1. The number of nitrogens with zero attached hydrogens (tertiary/aromatic N) is 1. The maximum absolute atomic E-state index is 12.0. The summed E-state index contributed by atoms with van der Waals surface area (Å²) in [6.45, 7) is 0.621. The minimum Gasteiger partial charge on any atom is -0.350 e. The third-order valence-electron chi connectivity index (χ3n) is 3.21. The van der Waals surface area contributed by atoms with Crippen molar-refractivity contribution in [1.29, 1.82) is 0 Å². The van der Waals surface area contributed by atoms with Gasteiger partial charge in [0.15, 0.2) is 0 Å². The second kappa shape index (κ2) is 5.57. The van der Waals surface area contributed by atoms with Crippen LogP contribution in [0.2, 0.25) is 0 Å². The van der Waals surface area contributed by atoms with Gasteiger partial charge in [-0.15, -0.1) is 0 Å². The van der Waals surface area contributed by atoms with Crippen molar-refractivity contribution in [2.45, 2.75) is 6.42 Å². The largest absolute Gasteiger partial charge is 0.350 e. The molecule has 2 heterocycles. The van der Waals surface area contributed by atoms with E-state index >= 15 is 0 Å². The molecule has 0 saturated heterocycles. The summed E-state index contributed by atoms with van der Waals surface area (Å²) < 4.78 is 0. The Morgan fingerprint density at radius 2 is 2.05 bits per heavy atom. The normalized spacial score (nSPS) is 10.6. The summed E-state index contributed by atoms with van der Waals surface area (Å²) in [7, 11) is 0. The fourth-order valence-corrected chi connectivity index (χ4v) is 2.15. The van der Waals surface area contributed by atoms with E-state index in [0.29, 0.717) is 12.2 Å². The van der Waals surface area contributed by atoms with Gasteiger partial charge in [0.25, 0.3) is 5.91 Å². The van der Waals surface area contributed by atoms with E-state index in [0.717, 1.165) is 17.3 Å². The van der Waals surface area contributed by atoms with Crippen LogP contribution in [-0.2, 0) is 6.42 Å². The van der Waals surface area contributed by atoms with Crippen molar-refractivity contribution < 1.29 is 4.79 Å². The first-order valence-electron chi connectivity index (χ1n) is 6.58. The standard InChI is InChI=1S/C16H15N3O/c20-16(18-9-6-12-4-2-1-3-5-12)15-10-13-11-17-8-7-14(13)19-15/h1-5,7-8,10-11,19H,6,9H2,(H,18,20). The molecule has 3 aromatic rings. The molecule has 4 nitrogen and oxygen atoms in total. The van der Waals surface area contributed by atoms with Gasteiger partial charge in [-0.1, -0.05) is 30.3 Å². The predicted octanol–water partition coefficient (Wildman–Crippen LogP) is 2.54. The topological polar surface area (TPSA) is 57.8 Å². The molecule has 1 aromatic carbocycles. The lowest BCUT2D eigenvalue weighted by atomic mass is 10.1. The first-order chi connectivity index (χ1) is 9.83. The molecular weight excluding hydrogens is 250 g/mol.